The molecule has 0 aliphatic rings. The van der Waals surface area contributed by atoms with Gasteiger partial charge in [-0.15, -0.1) is 0 Å². The highest BCUT2D eigenvalue weighted by molar-refractivity contribution is 5.73. The predicted molar refractivity (Wildman–Crippen MR) is 75.8 cm³/mol. The van der Waals surface area contributed by atoms with E-state index in [9.17, 15) is 4.79 Å². The molecule has 1 heterocycles. The van der Waals surface area contributed by atoms with E-state index in [1.54, 1.807) is 20.0 Å². The van der Waals surface area contributed by atoms with Crippen LogP contribution in [0.5, 0.6) is 0 Å². The highest BCUT2D eigenvalue weighted by Gasteiger charge is 2.26. The van der Waals surface area contributed by atoms with E-state index in [0.29, 0.717) is 6.42 Å². The first-order valence-corrected chi connectivity index (χ1v) is 6.81. The Kier molecular flexibility index (Phi) is 5.96. The number of carbonyl (C=O) groups is 1. The van der Waals surface area contributed by atoms with Gasteiger partial charge in [-0.1, -0.05) is 13.0 Å². The maximum absolute atomic E-state index is 11.0. The van der Waals surface area contributed by atoms with Crippen molar-refractivity contribution < 1.29 is 9.90 Å². The summed E-state index contributed by atoms with van der Waals surface area (Å²) in [7, 11) is 0. The molecule has 0 aliphatic carbocycles. The van der Waals surface area contributed by atoms with Gasteiger partial charge in [-0.3, -0.25) is 14.7 Å². The third kappa shape index (κ3) is 5.39. The Morgan fingerprint density at radius 2 is 2.16 bits per heavy atom. The summed E-state index contributed by atoms with van der Waals surface area (Å²) in [5, 5.41) is 9.08. The number of nitrogens with zero attached hydrogens (tertiary/aromatic N) is 2. The summed E-state index contributed by atoms with van der Waals surface area (Å²) in [6, 6.07) is 5.92. The summed E-state index contributed by atoms with van der Waals surface area (Å²) in [6.45, 7) is 8.36. The van der Waals surface area contributed by atoms with Crippen molar-refractivity contribution in [3.8, 4) is 0 Å². The Balaban J connectivity index is 2.40. The molecule has 1 N–H and O–H groups in total. The second-order valence-electron chi connectivity index (χ2n) is 5.48. The van der Waals surface area contributed by atoms with Crippen LogP contribution in [-0.2, 0) is 11.3 Å². The lowest BCUT2D eigenvalue weighted by molar-refractivity contribution is -0.147. The van der Waals surface area contributed by atoms with Crippen LogP contribution in [0, 0.1) is 5.41 Å². The van der Waals surface area contributed by atoms with Crippen molar-refractivity contribution >= 4 is 5.97 Å². The number of rotatable bonds is 8. The SMILES string of the molecule is CCN(CCCC(C)(C)C(=O)O)Cc1ccccn1. The van der Waals surface area contributed by atoms with E-state index in [1.807, 2.05) is 18.2 Å². The van der Waals surface area contributed by atoms with Crippen LogP contribution in [0.1, 0.15) is 39.3 Å². The first-order valence-electron chi connectivity index (χ1n) is 6.81. The van der Waals surface area contributed by atoms with Gasteiger partial charge in [0.15, 0.2) is 0 Å². The van der Waals surface area contributed by atoms with Crippen LogP contribution in [-0.4, -0.2) is 34.0 Å². The van der Waals surface area contributed by atoms with E-state index < -0.39 is 11.4 Å². The van der Waals surface area contributed by atoms with E-state index in [0.717, 1.165) is 31.7 Å². The van der Waals surface area contributed by atoms with Crippen LogP contribution < -0.4 is 0 Å². The van der Waals surface area contributed by atoms with E-state index in [4.69, 9.17) is 5.11 Å². The number of carboxylic acids is 1. The highest BCUT2D eigenvalue weighted by Crippen LogP contribution is 2.22. The van der Waals surface area contributed by atoms with E-state index in [1.165, 1.54) is 0 Å². The lowest BCUT2D eigenvalue weighted by atomic mass is 9.88. The van der Waals surface area contributed by atoms with Gasteiger partial charge in [0, 0.05) is 12.7 Å². The molecule has 0 spiro atoms. The second-order valence-corrected chi connectivity index (χ2v) is 5.48. The molecule has 0 atom stereocenters. The fourth-order valence-corrected chi connectivity index (χ4v) is 1.92. The molecule has 0 radical (unpaired) electrons. The topological polar surface area (TPSA) is 53.4 Å². The largest absolute Gasteiger partial charge is 0.481 e. The predicted octanol–water partition coefficient (Wildman–Crippen LogP) is 2.79. The fourth-order valence-electron chi connectivity index (χ4n) is 1.92. The quantitative estimate of drug-likeness (QED) is 0.784. The second kappa shape index (κ2) is 7.24. The van der Waals surface area contributed by atoms with Gasteiger partial charge in [-0.25, -0.2) is 0 Å². The standard InChI is InChI=1S/C15H24N2O2/c1-4-17(12-13-8-5-6-10-16-13)11-7-9-15(2,3)14(18)19/h5-6,8,10H,4,7,9,11-12H2,1-3H3,(H,18,19). The smallest absolute Gasteiger partial charge is 0.309 e. The molecule has 0 fully saturated rings. The molecule has 106 valence electrons. The molecule has 4 heteroatoms. The van der Waals surface area contributed by atoms with Crippen LogP contribution in [0.3, 0.4) is 0 Å². The summed E-state index contributed by atoms with van der Waals surface area (Å²) < 4.78 is 0. The average Bonchev–Trinajstić information content (AvgIpc) is 2.38. The molecular weight excluding hydrogens is 240 g/mol. The number of aliphatic carboxylic acids is 1. The van der Waals surface area contributed by atoms with Gasteiger partial charge in [-0.05, 0) is 51.9 Å². The maximum Gasteiger partial charge on any atom is 0.309 e. The van der Waals surface area contributed by atoms with Crippen molar-refractivity contribution in [3.05, 3.63) is 30.1 Å². The minimum absolute atomic E-state index is 0.635. The zero-order chi connectivity index (χ0) is 14.3. The van der Waals surface area contributed by atoms with Crippen LogP contribution in [0.2, 0.25) is 0 Å². The Hall–Kier alpha value is -1.42. The number of pyridine rings is 1. The monoisotopic (exact) mass is 264 g/mol. The van der Waals surface area contributed by atoms with E-state index in [2.05, 4.69) is 16.8 Å². The van der Waals surface area contributed by atoms with Crippen molar-refractivity contribution in [1.29, 1.82) is 0 Å². The number of hydrogen-bond donors (Lipinski definition) is 1. The first-order chi connectivity index (χ1) is 8.95. The number of carboxylic acid groups (broad SMARTS) is 1. The third-order valence-corrected chi connectivity index (χ3v) is 3.41. The molecule has 0 aromatic carbocycles. The molecule has 4 nitrogen and oxygen atoms in total. The third-order valence-electron chi connectivity index (χ3n) is 3.41. The number of aromatic nitrogens is 1. The van der Waals surface area contributed by atoms with Crippen LogP contribution in [0.15, 0.2) is 24.4 Å². The zero-order valence-electron chi connectivity index (χ0n) is 12.1. The van der Waals surface area contributed by atoms with E-state index >= 15 is 0 Å². The Bertz CT molecular complexity index is 390. The Morgan fingerprint density at radius 3 is 2.68 bits per heavy atom. The van der Waals surface area contributed by atoms with Crippen molar-refractivity contribution in [2.24, 2.45) is 5.41 Å². The Morgan fingerprint density at radius 1 is 1.42 bits per heavy atom. The fraction of sp³-hybridized carbons (Fsp3) is 0.600. The van der Waals surface area contributed by atoms with Gasteiger partial charge >= 0.3 is 5.97 Å². The molecule has 0 unspecified atom stereocenters. The normalized spacial score (nSPS) is 11.8. The summed E-state index contributed by atoms with van der Waals surface area (Å²) in [5.74, 6) is -0.722. The average molecular weight is 264 g/mol. The van der Waals surface area contributed by atoms with Crippen LogP contribution in [0.4, 0.5) is 0 Å². The minimum Gasteiger partial charge on any atom is -0.481 e. The zero-order valence-corrected chi connectivity index (χ0v) is 12.1. The molecule has 1 aromatic heterocycles. The van der Waals surface area contributed by atoms with Gasteiger partial charge in [0.25, 0.3) is 0 Å². The van der Waals surface area contributed by atoms with Crippen molar-refractivity contribution in [2.75, 3.05) is 13.1 Å². The Labute approximate surface area is 115 Å². The van der Waals surface area contributed by atoms with E-state index in [-0.39, 0.29) is 0 Å². The lowest BCUT2D eigenvalue weighted by Gasteiger charge is -2.23. The summed E-state index contributed by atoms with van der Waals surface area (Å²) in [5.41, 5.74) is 0.423. The molecule has 1 rings (SSSR count). The molecule has 0 amide bonds. The molecule has 0 saturated heterocycles. The first kappa shape index (κ1) is 15.6. The lowest BCUT2D eigenvalue weighted by Crippen LogP contribution is -2.28. The van der Waals surface area contributed by atoms with Gasteiger partial charge in [0.2, 0.25) is 0 Å². The summed E-state index contributed by atoms with van der Waals surface area (Å²) in [4.78, 5) is 17.6. The molecule has 0 saturated carbocycles. The minimum atomic E-state index is -0.722. The van der Waals surface area contributed by atoms with Crippen LogP contribution in [0.25, 0.3) is 0 Å². The van der Waals surface area contributed by atoms with Gasteiger partial charge in [0.05, 0.1) is 11.1 Å². The van der Waals surface area contributed by atoms with Crippen molar-refractivity contribution in [3.63, 3.8) is 0 Å². The van der Waals surface area contributed by atoms with Gasteiger partial charge in [0.1, 0.15) is 0 Å². The molecule has 0 bridgehead atoms. The highest BCUT2D eigenvalue weighted by atomic mass is 16.4. The molecule has 1 aromatic rings. The summed E-state index contributed by atoms with van der Waals surface area (Å²) >= 11 is 0. The maximum atomic E-state index is 11.0. The molecular formula is C15H24N2O2. The molecule has 19 heavy (non-hydrogen) atoms. The number of hydrogen-bond acceptors (Lipinski definition) is 3. The molecule has 0 aliphatic heterocycles. The van der Waals surface area contributed by atoms with Gasteiger partial charge < -0.3 is 5.11 Å². The summed E-state index contributed by atoms with van der Waals surface area (Å²) in [6.07, 6.45) is 3.39. The van der Waals surface area contributed by atoms with Crippen molar-refractivity contribution in [2.45, 2.75) is 40.2 Å². The van der Waals surface area contributed by atoms with Crippen molar-refractivity contribution in [1.82, 2.24) is 9.88 Å². The van der Waals surface area contributed by atoms with Crippen LogP contribution >= 0.6 is 0 Å². The van der Waals surface area contributed by atoms with Gasteiger partial charge in [-0.2, -0.15) is 0 Å².